The van der Waals surface area contributed by atoms with Crippen LogP contribution in [0.1, 0.15) is 37.0 Å². The Labute approximate surface area is 161 Å². The summed E-state index contributed by atoms with van der Waals surface area (Å²) >= 11 is 0. The first-order valence-corrected chi connectivity index (χ1v) is 9.08. The summed E-state index contributed by atoms with van der Waals surface area (Å²) in [6.45, 7) is 0. The van der Waals surface area contributed by atoms with Gasteiger partial charge in [-0.25, -0.2) is 4.79 Å². The lowest BCUT2D eigenvalue weighted by Gasteiger charge is -2.30. The molecule has 2 aliphatic rings. The molecule has 4 rings (SSSR count). The van der Waals surface area contributed by atoms with E-state index in [9.17, 15) is 19.6 Å². The first-order valence-electron chi connectivity index (χ1n) is 9.08. The van der Waals surface area contributed by atoms with Gasteiger partial charge in [-0.05, 0) is 43.2 Å². The summed E-state index contributed by atoms with van der Waals surface area (Å²) in [4.78, 5) is 38.3. The molecule has 0 unspecified atom stereocenters. The standard InChI is InChI=1S/C21H17N3O4/c22-12-13-5-1-4-8-16(13)18-10-9-15(28-18)11-17-19(25)23-21(27)24(20(17)26)14-6-2-3-7-14/h1,4-5,8-11,14H,2-3,6-7H2,(H,23,25,27)/b17-11+. The molecule has 0 atom stereocenters. The van der Waals surface area contributed by atoms with E-state index in [1.54, 1.807) is 36.4 Å². The number of hydrogen-bond donors (Lipinski definition) is 1. The Kier molecular flexibility index (Phi) is 4.53. The van der Waals surface area contributed by atoms with Crippen LogP contribution in [0.5, 0.6) is 0 Å². The van der Waals surface area contributed by atoms with Gasteiger partial charge in [0.05, 0.1) is 11.6 Å². The van der Waals surface area contributed by atoms with E-state index < -0.39 is 17.8 Å². The van der Waals surface area contributed by atoms with Gasteiger partial charge in [-0.1, -0.05) is 25.0 Å². The van der Waals surface area contributed by atoms with Crippen LogP contribution in [-0.4, -0.2) is 28.8 Å². The zero-order chi connectivity index (χ0) is 19.7. The number of furan rings is 1. The minimum Gasteiger partial charge on any atom is -0.457 e. The molecule has 2 fully saturated rings. The average Bonchev–Trinajstić information content (AvgIpc) is 3.37. The number of benzene rings is 1. The molecule has 140 valence electrons. The summed E-state index contributed by atoms with van der Waals surface area (Å²) in [6, 6.07) is 11.5. The van der Waals surface area contributed by atoms with Crippen LogP contribution in [0.4, 0.5) is 4.79 Å². The number of rotatable bonds is 3. The van der Waals surface area contributed by atoms with E-state index in [0.29, 0.717) is 22.6 Å². The quantitative estimate of drug-likeness (QED) is 0.655. The molecule has 1 aromatic heterocycles. The Morgan fingerprint density at radius 2 is 1.86 bits per heavy atom. The Balaban J connectivity index is 1.65. The summed E-state index contributed by atoms with van der Waals surface area (Å²) in [7, 11) is 0. The molecule has 0 bridgehead atoms. The number of nitriles is 1. The molecule has 1 aliphatic heterocycles. The van der Waals surface area contributed by atoms with Gasteiger partial charge in [-0.3, -0.25) is 19.8 Å². The molecule has 1 saturated heterocycles. The minimum absolute atomic E-state index is 0.138. The van der Waals surface area contributed by atoms with Gasteiger partial charge < -0.3 is 4.42 Å². The Morgan fingerprint density at radius 3 is 2.61 bits per heavy atom. The van der Waals surface area contributed by atoms with E-state index in [1.807, 2.05) is 0 Å². The highest BCUT2D eigenvalue weighted by molar-refractivity contribution is 6.31. The van der Waals surface area contributed by atoms with Gasteiger partial charge in [0.15, 0.2) is 0 Å². The number of carbonyl (C=O) groups is 3. The highest BCUT2D eigenvalue weighted by Gasteiger charge is 2.40. The zero-order valence-corrected chi connectivity index (χ0v) is 15.0. The maximum atomic E-state index is 12.8. The third-order valence-corrected chi connectivity index (χ3v) is 5.05. The van der Waals surface area contributed by atoms with E-state index in [1.165, 1.54) is 6.08 Å². The molecule has 2 heterocycles. The molecule has 1 aromatic carbocycles. The van der Waals surface area contributed by atoms with Gasteiger partial charge in [0.2, 0.25) is 0 Å². The van der Waals surface area contributed by atoms with Crippen LogP contribution < -0.4 is 5.32 Å². The smallest absolute Gasteiger partial charge is 0.331 e. The first kappa shape index (κ1) is 17.7. The third kappa shape index (κ3) is 3.09. The average molecular weight is 375 g/mol. The van der Waals surface area contributed by atoms with E-state index in [4.69, 9.17) is 4.42 Å². The molecule has 4 amide bonds. The lowest BCUT2D eigenvalue weighted by molar-refractivity contribution is -0.131. The van der Waals surface area contributed by atoms with E-state index in [2.05, 4.69) is 11.4 Å². The largest absolute Gasteiger partial charge is 0.457 e. The summed E-state index contributed by atoms with van der Waals surface area (Å²) in [5, 5.41) is 11.5. The second-order valence-electron chi connectivity index (χ2n) is 6.79. The molecule has 7 heteroatoms. The molecule has 0 spiro atoms. The van der Waals surface area contributed by atoms with Gasteiger partial charge in [0.1, 0.15) is 17.1 Å². The fraction of sp³-hybridized carbons (Fsp3) is 0.238. The van der Waals surface area contributed by atoms with Crippen LogP contribution in [0, 0.1) is 11.3 Å². The maximum Gasteiger partial charge on any atom is 0.331 e. The predicted molar refractivity (Wildman–Crippen MR) is 99.5 cm³/mol. The van der Waals surface area contributed by atoms with E-state index >= 15 is 0 Å². The fourth-order valence-corrected chi connectivity index (χ4v) is 3.68. The number of nitrogens with zero attached hydrogens (tertiary/aromatic N) is 2. The van der Waals surface area contributed by atoms with Crippen molar-refractivity contribution in [1.82, 2.24) is 10.2 Å². The monoisotopic (exact) mass is 375 g/mol. The van der Waals surface area contributed by atoms with Crippen molar-refractivity contribution in [3.8, 4) is 17.4 Å². The van der Waals surface area contributed by atoms with Crippen molar-refractivity contribution < 1.29 is 18.8 Å². The van der Waals surface area contributed by atoms with Gasteiger partial charge >= 0.3 is 6.03 Å². The third-order valence-electron chi connectivity index (χ3n) is 5.05. The van der Waals surface area contributed by atoms with Crippen molar-refractivity contribution >= 4 is 23.9 Å². The maximum absolute atomic E-state index is 12.8. The summed E-state index contributed by atoms with van der Waals surface area (Å²) in [5.74, 6) is -0.589. The normalized spacial score (nSPS) is 19.2. The molecule has 0 radical (unpaired) electrons. The van der Waals surface area contributed by atoms with Gasteiger partial charge in [-0.15, -0.1) is 0 Å². The van der Waals surface area contributed by atoms with E-state index in [-0.39, 0.29) is 11.6 Å². The molecule has 1 aliphatic carbocycles. The first-order chi connectivity index (χ1) is 13.6. The Morgan fingerprint density at radius 1 is 1.11 bits per heavy atom. The number of barbiturate groups is 1. The lowest BCUT2D eigenvalue weighted by atomic mass is 10.1. The number of nitrogens with one attached hydrogen (secondary N) is 1. The molecule has 28 heavy (non-hydrogen) atoms. The topological polar surface area (TPSA) is 103 Å². The van der Waals surface area contributed by atoms with Crippen LogP contribution in [0.3, 0.4) is 0 Å². The van der Waals surface area contributed by atoms with Gasteiger partial charge in [-0.2, -0.15) is 5.26 Å². The molecule has 2 aromatic rings. The van der Waals surface area contributed by atoms with Crippen LogP contribution in [0.25, 0.3) is 17.4 Å². The highest BCUT2D eigenvalue weighted by atomic mass is 16.3. The molecular formula is C21H17N3O4. The second-order valence-corrected chi connectivity index (χ2v) is 6.79. The van der Waals surface area contributed by atoms with Crippen molar-refractivity contribution in [1.29, 1.82) is 5.26 Å². The Hall–Kier alpha value is -3.66. The van der Waals surface area contributed by atoms with Crippen molar-refractivity contribution in [2.75, 3.05) is 0 Å². The van der Waals surface area contributed by atoms with Crippen LogP contribution in [0.2, 0.25) is 0 Å². The zero-order valence-electron chi connectivity index (χ0n) is 15.0. The number of amides is 4. The van der Waals surface area contributed by atoms with Crippen molar-refractivity contribution in [2.45, 2.75) is 31.7 Å². The SMILES string of the molecule is N#Cc1ccccc1-c1ccc(/C=C2\C(=O)NC(=O)N(C3CCCC3)C2=O)o1. The van der Waals surface area contributed by atoms with Crippen molar-refractivity contribution in [3.05, 3.63) is 53.3 Å². The lowest BCUT2D eigenvalue weighted by Crippen LogP contribution is -2.57. The van der Waals surface area contributed by atoms with Crippen LogP contribution in [0.15, 0.2) is 46.4 Å². The number of imide groups is 2. The van der Waals surface area contributed by atoms with Gasteiger partial charge in [0.25, 0.3) is 11.8 Å². The van der Waals surface area contributed by atoms with Crippen LogP contribution in [-0.2, 0) is 9.59 Å². The molecule has 7 nitrogen and oxygen atoms in total. The van der Waals surface area contributed by atoms with E-state index in [0.717, 1.165) is 30.6 Å². The number of carbonyl (C=O) groups excluding carboxylic acids is 3. The second kappa shape index (κ2) is 7.16. The Bertz CT molecular complexity index is 1040. The summed E-state index contributed by atoms with van der Waals surface area (Å²) in [6.07, 6.45) is 4.74. The molecule has 1 saturated carbocycles. The minimum atomic E-state index is -0.736. The van der Waals surface area contributed by atoms with Crippen molar-refractivity contribution in [2.24, 2.45) is 0 Å². The molecule has 1 N–H and O–H groups in total. The summed E-state index contributed by atoms with van der Waals surface area (Å²) < 4.78 is 5.74. The fourth-order valence-electron chi connectivity index (χ4n) is 3.68. The van der Waals surface area contributed by atoms with Gasteiger partial charge in [0, 0.05) is 11.6 Å². The predicted octanol–water partition coefficient (Wildman–Crippen LogP) is 3.22. The highest BCUT2D eigenvalue weighted by Crippen LogP contribution is 2.29. The van der Waals surface area contributed by atoms with Crippen LogP contribution >= 0.6 is 0 Å². The number of hydrogen-bond acceptors (Lipinski definition) is 5. The number of urea groups is 1. The summed E-state index contributed by atoms with van der Waals surface area (Å²) in [5.41, 5.74) is 0.943. The molecular weight excluding hydrogens is 358 g/mol. The van der Waals surface area contributed by atoms with Crippen molar-refractivity contribution in [3.63, 3.8) is 0 Å².